The number of amides is 3. The number of ether oxygens (including phenoxy) is 11. The van der Waals surface area contributed by atoms with Gasteiger partial charge in [0.1, 0.15) is 146 Å². The molecule has 6 heterocycles. The highest BCUT2D eigenvalue weighted by molar-refractivity contribution is 5.74. The topological polar surface area (TPSA) is 533 Å². The molecule has 440 valence electrons. The van der Waals surface area contributed by atoms with Crippen LogP contribution in [0.15, 0.2) is 0 Å². The second kappa shape index (κ2) is 27.2. The second-order valence-electron chi connectivity index (χ2n) is 19.0. The van der Waals surface area contributed by atoms with E-state index in [0.717, 1.165) is 20.8 Å². The summed E-state index contributed by atoms with van der Waals surface area (Å²) in [7, 11) is 0. The molecule has 1 unspecified atom stereocenters. The van der Waals surface area contributed by atoms with Gasteiger partial charge >= 0.3 is 0 Å². The fourth-order valence-corrected chi connectivity index (χ4v) is 9.62. The zero-order chi connectivity index (χ0) is 56.2. The first kappa shape index (κ1) is 62.5. The van der Waals surface area contributed by atoms with E-state index in [-0.39, 0.29) is 0 Å². The Kier molecular flexibility index (Phi) is 22.3. The van der Waals surface area contributed by atoms with Crippen LogP contribution < -0.4 is 16.0 Å². The molecule has 34 nitrogen and oxygen atoms in total. The first-order valence-electron chi connectivity index (χ1n) is 24.1. The van der Waals surface area contributed by atoms with Gasteiger partial charge in [-0.05, 0) is 0 Å². The molecule has 34 heteroatoms. The highest BCUT2D eigenvalue weighted by Crippen LogP contribution is 2.36. The number of aliphatic hydroxyl groups excluding tert-OH is 17. The Bertz CT molecular complexity index is 1870. The van der Waals surface area contributed by atoms with Crippen molar-refractivity contribution >= 4 is 17.7 Å². The van der Waals surface area contributed by atoms with Crippen LogP contribution in [0.3, 0.4) is 0 Å². The van der Waals surface area contributed by atoms with Crippen LogP contribution in [0.2, 0.25) is 0 Å². The molecule has 6 fully saturated rings. The number of carbonyl (C=O) groups is 3. The minimum absolute atomic E-state index is 0.732. The lowest BCUT2D eigenvalue weighted by Gasteiger charge is -2.50. The molecule has 0 aliphatic carbocycles. The van der Waals surface area contributed by atoms with Gasteiger partial charge in [0.05, 0.1) is 39.6 Å². The Morgan fingerprint density at radius 3 is 1.12 bits per heavy atom. The van der Waals surface area contributed by atoms with Crippen LogP contribution in [0.4, 0.5) is 0 Å². The van der Waals surface area contributed by atoms with Gasteiger partial charge < -0.3 is 155 Å². The highest BCUT2D eigenvalue weighted by atomic mass is 16.8. The fraction of sp³-hybridized carbons (Fsp3) is 0.929. The van der Waals surface area contributed by atoms with Gasteiger partial charge in [0.15, 0.2) is 37.7 Å². The van der Waals surface area contributed by atoms with Gasteiger partial charge in [0.2, 0.25) is 17.7 Å². The maximum Gasteiger partial charge on any atom is 0.217 e. The standard InChI is InChI=1S/C42H71N3O31/c1-10(51)43-19-26(58)22(54)13(4-46)68-38(19)66-9-18-25(57)36(32(64)42(72-18)74-34-16(7-49)67-37(65)30(62)29(34)61)76-40-21(45-12(3)53)28(60)33(17(8-50)71-40)73-41-31(63)35(24(56)15(6-48)70-41)75-39-20(44-11(2)52)27(59)23(55)14(5-47)69-39/h13-42,46-50,54-65H,4-9H2,1-3H3,(H,43,51)(H,44,52)(H,45,53)/t13-,14-,15-,16-,17-,18-,19-,20-,21-,22-,23-,24+,25+,26-,27-,28-,29-,30-,31-,32-,33-,34-,35+,36+,37?,38-,39+,40+,41+,42+/m1/s1. The molecule has 0 radical (unpaired) electrons. The van der Waals surface area contributed by atoms with Crippen LogP contribution in [-0.2, 0) is 66.5 Å². The van der Waals surface area contributed by atoms with Gasteiger partial charge in [-0.1, -0.05) is 0 Å². The van der Waals surface area contributed by atoms with Gasteiger partial charge in [-0.25, -0.2) is 0 Å². The van der Waals surface area contributed by atoms with E-state index in [2.05, 4.69) is 16.0 Å². The molecular weight excluding hydrogens is 1040 g/mol. The van der Waals surface area contributed by atoms with Gasteiger partial charge in [-0.2, -0.15) is 0 Å². The van der Waals surface area contributed by atoms with Crippen molar-refractivity contribution in [3.8, 4) is 0 Å². The monoisotopic (exact) mass is 1110 g/mol. The van der Waals surface area contributed by atoms with Crippen molar-refractivity contribution < 1.29 is 153 Å². The largest absolute Gasteiger partial charge is 0.394 e. The van der Waals surface area contributed by atoms with Gasteiger partial charge in [0.25, 0.3) is 0 Å². The molecule has 76 heavy (non-hydrogen) atoms. The van der Waals surface area contributed by atoms with E-state index in [1.54, 1.807) is 0 Å². The van der Waals surface area contributed by atoms with Crippen LogP contribution >= 0.6 is 0 Å². The molecule has 30 atom stereocenters. The minimum atomic E-state index is -2.25. The molecule has 3 amide bonds. The molecule has 0 aromatic heterocycles. The summed E-state index contributed by atoms with van der Waals surface area (Å²) < 4.78 is 63.2. The SMILES string of the molecule is CC(=O)N[C@H]1[C@H](O[C@H]2[C@@H](O)[C@@H](CO[C@@H]3O[C@H](CO)[C@@H](O)[C@H](O)[C@H]3NC(C)=O)O[C@@H](O[C@H]3[C@H](O)[C@@H](O)C(O)O[C@@H]3CO)[C@@H]2O)O[C@H](CO)[C@@H](O[C@@H]2O[C@H](CO)[C@H](O)[C@H](O[C@@H]3O[C@H](CO)[C@@H](O)[C@H](O)[C@H]3NC(C)=O)[C@H]2O)[C@@H]1O. The average Bonchev–Trinajstić information content (AvgIpc) is 3.38. The minimum Gasteiger partial charge on any atom is -0.394 e. The van der Waals surface area contributed by atoms with E-state index in [9.17, 15) is 101 Å². The molecule has 0 spiro atoms. The van der Waals surface area contributed by atoms with Gasteiger partial charge in [0, 0.05) is 20.8 Å². The molecule has 0 bridgehead atoms. The van der Waals surface area contributed by atoms with E-state index in [4.69, 9.17) is 52.1 Å². The number of hydrogen-bond acceptors (Lipinski definition) is 31. The van der Waals surface area contributed by atoms with E-state index in [0.29, 0.717) is 0 Å². The van der Waals surface area contributed by atoms with Crippen molar-refractivity contribution in [1.82, 2.24) is 16.0 Å². The maximum absolute atomic E-state index is 12.8. The van der Waals surface area contributed by atoms with Crippen molar-refractivity contribution in [3.05, 3.63) is 0 Å². The molecule has 6 saturated heterocycles. The summed E-state index contributed by atoms with van der Waals surface area (Å²) in [5.74, 6) is -2.38. The van der Waals surface area contributed by atoms with E-state index >= 15 is 0 Å². The molecule has 6 rings (SSSR count). The van der Waals surface area contributed by atoms with Gasteiger partial charge in [-0.3, -0.25) is 14.4 Å². The Morgan fingerprint density at radius 2 is 0.671 bits per heavy atom. The quantitative estimate of drug-likeness (QED) is 0.0571. The Balaban J connectivity index is 1.27. The second-order valence-corrected chi connectivity index (χ2v) is 19.0. The third-order valence-corrected chi connectivity index (χ3v) is 13.6. The lowest BCUT2D eigenvalue weighted by atomic mass is 9.94. The number of rotatable bonds is 19. The molecule has 6 aliphatic rings. The fourth-order valence-electron chi connectivity index (χ4n) is 9.62. The van der Waals surface area contributed by atoms with Crippen LogP contribution in [0.25, 0.3) is 0 Å². The summed E-state index contributed by atoms with van der Waals surface area (Å²) in [6, 6.07) is -4.97. The van der Waals surface area contributed by atoms with Crippen molar-refractivity contribution in [2.45, 2.75) is 205 Å². The van der Waals surface area contributed by atoms with E-state index in [1.165, 1.54) is 0 Å². The Morgan fingerprint density at radius 1 is 0.342 bits per heavy atom. The molecule has 0 aromatic rings. The van der Waals surface area contributed by atoms with Crippen molar-refractivity contribution in [3.63, 3.8) is 0 Å². The smallest absolute Gasteiger partial charge is 0.217 e. The van der Waals surface area contributed by atoms with Crippen LogP contribution in [-0.4, -0.2) is 328 Å². The number of nitrogens with one attached hydrogen (secondary N) is 3. The van der Waals surface area contributed by atoms with E-state index < -0.39 is 241 Å². The summed E-state index contributed by atoms with van der Waals surface area (Å²) in [4.78, 5) is 36.9. The van der Waals surface area contributed by atoms with Crippen LogP contribution in [0, 0.1) is 0 Å². The molecule has 20 N–H and O–H groups in total. The summed E-state index contributed by atoms with van der Waals surface area (Å²) in [5, 5.41) is 190. The maximum atomic E-state index is 12.8. The van der Waals surface area contributed by atoms with Crippen LogP contribution in [0.5, 0.6) is 0 Å². The van der Waals surface area contributed by atoms with Crippen molar-refractivity contribution in [2.24, 2.45) is 0 Å². The predicted molar refractivity (Wildman–Crippen MR) is 234 cm³/mol. The summed E-state index contributed by atoms with van der Waals surface area (Å²) in [5.41, 5.74) is 0. The Labute approximate surface area is 431 Å². The van der Waals surface area contributed by atoms with Crippen molar-refractivity contribution in [1.29, 1.82) is 0 Å². The number of aliphatic hydroxyl groups is 17. The zero-order valence-electron chi connectivity index (χ0n) is 40.9. The number of carbonyl (C=O) groups excluding carboxylic acids is 3. The lowest BCUT2D eigenvalue weighted by Crippen LogP contribution is -2.70. The first-order chi connectivity index (χ1) is 35.9. The summed E-state index contributed by atoms with van der Waals surface area (Å²) in [6.45, 7) is -2.56. The zero-order valence-corrected chi connectivity index (χ0v) is 40.9. The third kappa shape index (κ3) is 13.7. The molecule has 0 saturated carbocycles. The number of hydrogen-bond donors (Lipinski definition) is 20. The van der Waals surface area contributed by atoms with Gasteiger partial charge in [-0.15, -0.1) is 0 Å². The third-order valence-electron chi connectivity index (χ3n) is 13.6. The summed E-state index contributed by atoms with van der Waals surface area (Å²) >= 11 is 0. The van der Waals surface area contributed by atoms with E-state index in [1.807, 2.05) is 0 Å². The molecule has 0 aromatic carbocycles. The normalized spacial score (nSPS) is 48.2. The Hall–Kier alpha value is -2.71. The van der Waals surface area contributed by atoms with Crippen LogP contribution in [0.1, 0.15) is 20.8 Å². The summed E-state index contributed by atoms with van der Waals surface area (Å²) in [6.07, 6.45) is -51.4. The first-order valence-corrected chi connectivity index (χ1v) is 24.1. The van der Waals surface area contributed by atoms with Crippen molar-refractivity contribution in [2.75, 3.05) is 39.6 Å². The predicted octanol–water partition coefficient (Wildman–Crippen LogP) is -13.7. The lowest BCUT2D eigenvalue weighted by molar-refractivity contribution is -0.386. The highest BCUT2D eigenvalue weighted by Gasteiger charge is 2.58. The molecular formula is C42H71N3O31. The average molecular weight is 1110 g/mol. The molecule has 6 aliphatic heterocycles.